The van der Waals surface area contributed by atoms with Crippen molar-refractivity contribution >= 4 is 44.9 Å². The molecule has 0 bridgehead atoms. The first-order chi connectivity index (χ1) is 15.9. The molecule has 3 N–H and O–H groups in total. The van der Waals surface area contributed by atoms with Crippen LogP contribution in [0.3, 0.4) is 0 Å². The lowest BCUT2D eigenvalue weighted by Crippen LogP contribution is -2.48. The van der Waals surface area contributed by atoms with Gasteiger partial charge in [-0.15, -0.1) is 11.3 Å². The molecule has 5 rings (SSSR count). The number of carbonyl (C=O) groups is 2. The van der Waals surface area contributed by atoms with Gasteiger partial charge in [0.05, 0.1) is 16.0 Å². The highest BCUT2D eigenvalue weighted by Gasteiger charge is 2.32. The van der Waals surface area contributed by atoms with Crippen molar-refractivity contribution in [3.8, 4) is 5.75 Å². The molecule has 33 heavy (non-hydrogen) atoms. The molecule has 171 valence electrons. The fourth-order valence-corrected chi connectivity index (χ4v) is 4.93. The Morgan fingerprint density at radius 1 is 1.21 bits per heavy atom. The summed E-state index contributed by atoms with van der Waals surface area (Å²) < 4.78 is 20.0. The topological polar surface area (TPSA) is 105 Å². The van der Waals surface area contributed by atoms with Gasteiger partial charge in [-0.3, -0.25) is 9.59 Å². The van der Waals surface area contributed by atoms with Crippen molar-refractivity contribution in [2.75, 3.05) is 5.32 Å². The Bertz CT molecular complexity index is 1240. The Balaban J connectivity index is 1.39. The van der Waals surface area contributed by atoms with Gasteiger partial charge in [0, 0.05) is 37.9 Å². The predicted molar refractivity (Wildman–Crippen MR) is 123 cm³/mol. The summed E-state index contributed by atoms with van der Waals surface area (Å²) in [7, 11) is 0. The summed E-state index contributed by atoms with van der Waals surface area (Å²) in [5.41, 5.74) is 1.35. The second-order valence-electron chi connectivity index (χ2n) is 8.38. The number of amides is 2. The van der Waals surface area contributed by atoms with Crippen LogP contribution < -0.4 is 20.7 Å². The van der Waals surface area contributed by atoms with E-state index in [9.17, 15) is 14.0 Å². The number of nitrogens with one attached hydrogen (secondary N) is 3. The highest BCUT2D eigenvalue weighted by Crippen LogP contribution is 2.38. The third kappa shape index (κ3) is 4.61. The van der Waals surface area contributed by atoms with Gasteiger partial charge in [-0.05, 0) is 37.5 Å². The standard InChI is InChI=1S/C23H23FN5O3S/c1-11-19-21(25-10-26-23(19)33-20(11)22(31)28-14-4-5-14)29-17-6-3-13(24)7-18(17)32-16-8-15(9-16)27-12(2)30/h3-4,6-7,10,14-16H,5,8-9H2,1-2H3,(H,27,30)(H,28,31)(H,25,26,29)/t14?,15-,16-. The summed E-state index contributed by atoms with van der Waals surface area (Å²) in [6, 6.07) is 4.49. The molecule has 0 aliphatic heterocycles. The summed E-state index contributed by atoms with van der Waals surface area (Å²) >= 11 is 1.32. The van der Waals surface area contributed by atoms with E-state index in [1.54, 1.807) is 6.07 Å². The summed E-state index contributed by atoms with van der Waals surface area (Å²) in [5.74, 6) is 0.275. The fraction of sp³-hybridized carbons (Fsp3) is 0.348. The van der Waals surface area contributed by atoms with E-state index in [0.29, 0.717) is 39.8 Å². The Morgan fingerprint density at radius 2 is 2.00 bits per heavy atom. The molecular weight excluding hydrogens is 445 g/mol. The fourth-order valence-electron chi connectivity index (χ4n) is 3.87. The maximum atomic E-state index is 14.0. The van der Waals surface area contributed by atoms with E-state index >= 15 is 0 Å². The van der Waals surface area contributed by atoms with Crippen molar-refractivity contribution in [3.63, 3.8) is 0 Å². The number of carbonyl (C=O) groups excluding carboxylic acids is 2. The van der Waals surface area contributed by atoms with Crippen LogP contribution in [-0.2, 0) is 4.79 Å². The van der Waals surface area contributed by atoms with E-state index in [0.717, 1.165) is 17.4 Å². The van der Waals surface area contributed by atoms with Crippen LogP contribution in [-0.4, -0.2) is 40.0 Å². The maximum absolute atomic E-state index is 14.0. The lowest BCUT2D eigenvalue weighted by molar-refractivity contribution is -0.120. The van der Waals surface area contributed by atoms with Gasteiger partial charge < -0.3 is 20.7 Å². The number of rotatable bonds is 7. The van der Waals surface area contributed by atoms with Crippen LogP contribution >= 0.6 is 11.3 Å². The second-order valence-corrected chi connectivity index (χ2v) is 9.38. The molecule has 10 heteroatoms. The number of thiophene rings is 1. The van der Waals surface area contributed by atoms with Crippen molar-refractivity contribution in [3.05, 3.63) is 47.2 Å². The first-order valence-corrected chi connectivity index (χ1v) is 11.6. The number of anilines is 2. The monoisotopic (exact) mass is 468 g/mol. The second kappa shape index (κ2) is 8.58. The largest absolute Gasteiger partial charge is 0.488 e. The van der Waals surface area contributed by atoms with E-state index in [4.69, 9.17) is 4.74 Å². The van der Waals surface area contributed by atoms with Crippen molar-refractivity contribution in [2.45, 2.75) is 51.3 Å². The van der Waals surface area contributed by atoms with Crippen molar-refractivity contribution in [1.82, 2.24) is 20.6 Å². The predicted octanol–water partition coefficient (Wildman–Crippen LogP) is 3.63. The summed E-state index contributed by atoms with van der Waals surface area (Å²) in [6.07, 6.45) is 5.56. The lowest BCUT2D eigenvalue weighted by atomic mass is 9.89. The quantitative estimate of drug-likeness (QED) is 0.489. The highest BCUT2D eigenvalue weighted by atomic mass is 32.1. The van der Waals surface area contributed by atoms with E-state index in [1.165, 1.54) is 36.7 Å². The molecule has 1 unspecified atom stereocenters. The molecule has 2 aliphatic carbocycles. The van der Waals surface area contributed by atoms with Gasteiger partial charge in [-0.1, -0.05) is 0 Å². The van der Waals surface area contributed by atoms with E-state index in [2.05, 4.69) is 25.9 Å². The molecule has 8 nitrogen and oxygen atoms in total. The molecule has 2 aliphatic rings. The van der Waals surface area contributed by atoms with Gasteiger partial charge >= 0.3 is 0 Å². The molecule has 2 amide bonds. The lowest BCUT2D eigenvalue weighted by Gasteiger charge is -2.36. The van der Waals surface area contributed by atoms with Crippen molar-refractivity contribution in [2.24, 2.45) is 0 Å². The third-order valence-corrected chi connectivity index (χ3v) is 6.91. The molecule has 1 atom stereocenters. The summed E-state index contributed by atoms with van der Waals surface area (Å²) in [5, 5.41) is 9.81. The molecule has 2 saturated carbocycles. The molecule has 1 aromatic carbocycles. The summed E-state index contributed by atoms with van der Waals surface area (Å²) in [4.78, 5) is 33.8. The molecular formula is C23H23FN5O3S. The van der Waals surface area contributed by atoms with Gasteiger partial charge in [0.2, 0.25) is 5.91 Å². The first-order valence-electron chi connectivity index (χ1n) is 10.8. The van der Waals surface area contributed by atoms with Gasteiger partial charge in [-0.2, -0.15) is 0 Å². The van der Waals surface area contributed by atoms with Crippen molar-refractivity contribution < 1.29 is 18.7 Å². The van der Waals surface area contributed by atoms with Crippen LogP contribution in [0.2, 0.25) is 0 Å². The van der Waals surface area contributed by atoms with E-state index in [-0.39, 0.29) is 30.0 Å². The Morgan fingerprint density at radius 3 is 2.73 bits per heavy atom. The third-order valence-electron chi connectivity index (χ3n) is 5.71. The number of hydrogen-bond donors (Lipinski definition) is 3. The number of ether oxygens (including phenoxy) is 1. The van der Waals surface area contributed by atoms with Gasteiger partial charge in [0.25, 0.3) is 5.91 Å². The minimum Gasteiger partial charge on any atom is -0.488 e. The van der Waals surface area contributed by atoms with E-state index in [1.807, 2.05) is 13.3 Å². The van der Waals surface area contributed by atoms with E-state index < -0.39 is 5.82 Å². The zero-order valence-corrected chi connectivity index (χ0v) is 19.0. The van der Waals surface area contributed by atoms with Crippen LogP contribution in [0.5, 0.6) is 5.75 Å². The smallest absolute Gasteiger partial charge is 0.261 e. The minimum absolute atomic E-state index is 0.0743. The van der Waals surface area contributed by atoms with Crippen LogP contribution in [0, 0.1) is 19.2 Å². The molecule has 2 heterocycles. The number of benzene rings is 1. The number of halogens is 1. The molecule has 2 aromatic heterocycles. The Hall–Kier alpha value is -3.27. The molecule has 0 saturated heterocycles. The number of fused-ring (bicyclic) bond motifs is 1. The van der Waals surface area contributed by atoms with Crippen LogP contribution in [0.1, 0.15) is 41.4 Å². The van der Waals surface area contributed by atoms with Crippen LogP contribution in [0.4, 0.5) is 15.9 Å². The molecule has 1 radical (unpaired) electrons. The number of nitrogens with zero attached hydrogens (tertiary/aromatic N) is 2. The summed E-state index contributed by atoms with van der Waals surface area (Å²) in [6.45, 7) is 3.36. The Kier molecular flexibility index (Phi) is 5.61. The zero-order valence-electron chi connectivity index (χ0n) is 18.1. The minimum atomic E-state index is -0.413. The molecule has 2 fully saturated rings. The normalized spacial score (nSPS) is 19.6. The van der Waals surface area contributed by atoms with Crippen LogP contribution in [0.15, 0.2) is 24.5 Å². The Labute approximate surface area is 194 Å². The van der Waals surface area contributed by atoms with Crippen LogP contribution in [0.25, 0.3) is 10.2 Å². The maximum Gasteiger partial charge on any atom is 0.261 e. The number of hydrogen-bond acceptors (Lipinski definition) is 7. The average molecular weight is 469 g/mol. The zero-order chi connectivity index (χ0) is 23.1. The van der Waals surface area contributed by atoms with Gasteiger partial charge in [-0.25, -0.2) is 14.4 Å². The molecule has 3 aromatic rings. The number of aryl methyl sites for hydroxylation is 1. The number of aromatic nitrogens is 2. The molecule has 0 spiro atoms. The average Bonchev–Trinajstić information content (AvgIpc) is 3.48. The van der Waals surface area contributed by atoms with Gasteiger partial charge in [0.15, 0.2) is 0 Å². The van der Waals surface area contributed by atoms with Crippen molar-refractivity contribution in [1.29, 1.82) is 0 Å². The first kappa shape index (κ1) is 21.6. The van der Waals surface area contributed by atoms with Gasteiger partial charge in [0.1, 0.15) is 34.6 Å². The highest BCUT2D eigenvalue weighted by molar-refractivity contribution is 7.20. The SMILES string of the molecule is CC(=O)N[C@H]1C[C@H](Oc2cc(F)ccc2Nc2ncnc3sc(C(=O)NC4[CH]C4)c(C)c23)C1.